The van der Waals surface area contributed by atoms with E-state index in [1.165, 1.54) is 18.2 Å². The maximum absolute atomic E-state index is 12.9. The number of hydrogen-bond donors (Lipinski definition) is 1. The molecule has 0 unspecified atom stereocenters. The Bertz CT molecular complexity index is 703. The average Bonchev–Trinajstić information content (AvgIpc) is 3.01. The molecule has 2 heterocycles. The van der Waals surface area contributed by atoms with Gasteiger partial charge in [0.1, 0.15) is 11.6 Å². The summed E-state index contributed by atoms with van der Waals surface area (Å²) in [7, 11) is 0. The van der Waals surface area contributed by atoms with E-state index in [9.17, 15) is 14.3 Å². The van der Waals surface area contributed by atoms with Crippen LogP contribution in [0.3, 0.4) is 0 Å². The van der Waals surface area contributed by atoms with E-state index in [1.54, 1.807) is 22.9 Å². The van der Waals surface area contributed by atoms with Crippen molar-refractivity contribution in [3.63, 3.8) is 0 Å². The normalized spacial score (nSPS) is 17.8. The third kappa shape index (κ3) is 3.20. The molecule has 0 saturated carbocycles. The van der Waals surface area contributed by atoms with Crippen LogP contribution in [-0.2, 0) is 17.7 Å². The number of rotatable bonds is 4. The van der Waals surface area contributed by atoms with Crippen molar-refractivity contribution in [1.82, 2.24) is 4.57 Å². The second kappa shape index (κ2) is 6.32. The van der Waals surface area contributed by atoms with Gasteiger partial charge in [-0.15, -0.1) is 0 Å². The van der Waals surface area contributed by atoms with Crippen molar-refractivity contribution in [2.45, 2.75) is 31.9 Å². The molecule has 1 N–H and O–H groups in total. The van der Waals surface area contributed by atoms with Crippen molar-refractivity contribution in [1.29, 1.82) is 0 Å². The number of pyridine rings is 1. The van der Waals surface area contributed by atoms with Crippen molar-refractivity contribution >= 4 is 0 Å². The Balaban J connectivity index is 1.86. The SMILES string of the molecule is O=c1c(Cc2ccc(F)cc2)c(O)ccn1C[C@H]1CCCO1. The lowest BCUT2D eigenvalue weighted by molar-refractivity contribution is 0.0960. The Kier molecular flexibility index (Phi) is 4.24. The minimum Gasteiger partial charge on any atom is -0.507 e. The van der Waals surface area contributed by atoms with Gasteiger partial charge >= 0.3 is 0 Å². The highest BCUT2D eigenvalue weighted by Crippen LogP contribution is 2.18. The zero-order chi connectivity index (χ0) is 15.5. The zero-order valence-electron chi connectivity index (χ0n) is 12.2. The molecule has 1 aromatic heterocycles. The van der Waals surface area contributed by atoms with Gasteiger partial charge in [0, 0.05) is 19.2 Å². The number of benzene rings is 1. The second-order valence-electron chi connectivity index (χ2n) is 5.58. The van der Waals surface area contributed by atoms with Gasteiger partial charge in [-0.3, -0.25) is 4.79 Å². The lowest BCUT2D eigenvalue weighted by Crippen LogP contribution is -2.28. The van der Waals surface area contributed by atoms with Gasteiger partial charge in [0.15, 0.2) is 0 Å². The van der Waals surface area contributed by atoms with Gasteiger partial charge in [-0.2, -0.15) is 0 Å². The number of aromatic nitrogens is 1. The maximum atomic E-state index is 12.9. The third-order valence-corrected chi connectivity index (χ3v) is 3.96. The van der Waals surface area contributed by atoms with Crippen molar-refractivity contribution in [2.24, 2.45) is 0 Å². The molecule has 2 aromatic rings. The molecule has 1 aliphatic rings. The van der Waals surface area contributed by atoms with E-state index in [1.807, 2.05) is 0 Å². The summed E-state index contributed by atoms with van der Waals surface area (Å²) in [4.78, 5) is 12.5. The molecule has 0 bridgehead atoms. The first-order chi connectivity index (χ1) is 10.6. The first-order valence-corrected chi connectivity index (χ1v) is 7.41. The summed E-state index contributed by atoms with van der Waals surface area (Å²) in [5.74, 6) is -0.352. The van der Waals surface area contributed by atoms with Crippen molar-refractivity contribution < 1.29 is 14.2 Å². The third-order valence-electron chi connectivity index (χ3n) is 3.96. The Hall–Kier alpha value is -2.14. The largest absolute Gasteiger partial charge is 0.507 e. The molecule has 0 aliphatic carbocycles. The monoisotopic (exact) mass is 303 g/mol. The summed E-state index contributed by atoms with van der Waals surface area (Å²) < 4.78 is 20.1. The van der Waals surface area contributed by atoms with E-state index < -0.39 is 0 Å². The smallest absolute Gasteiger partial charge is 0.257 e. The predicted octanol–water partition coefficient (Wildman–Crippen LogP) is 2.46. The lowest BCUT2D eigenvalue weighted by Gasteiger charge is -2.14. The topological polar surface area (TPSA) is 51.5 Å². The number of nitrogens with zero attached hydrogens (tertiary/aromatic N) is 1. The molecule has 0 radical (unpaired) electrons. The van der Waals surface area contributed by atoms with Gasteiger partial charge in [0.2, 0.25) is 0 Å². The van der Waals surface area contributed by atoms with E-state index in [0.717, 1.165) is 25.0 Å². The molecule has 0 amide bonds. The van der Waals surface area contributed by atoms with Crippen LogP contribution in [0.1, 0.15) is 24.0 Å². The van der Waals surface area contributed by atoms with Gasteiger partial charge in [0.05, 0.1) is 18.2 Å². The highest BCUT2D eigenvalue weighted by atomic mass is 19.1. The standard InChI is InChI=1S/C17H18FNO3/c18-13-5-3-12(4-6-13)10-15-16(20)7-8-19(17(15)21)11-14-2-1-9-22-14/h3-8,14,20H,1-2,9-11H2/t14-/m1/s1. The summed E-state index contributed by atoms with van der Waals surface area (Å²) in [6, 6.07) is 7.45. The summed E-state index contributed by atoms with van der Waals surface area (Å²) in [5.41, 5.74) is 0.885. The van der Waals surface area contributed by atoms with Crippen LogP contribution in [-0.4, -0.2) is 22.4 Å². The van der Waals surface area contributed by atoms with Crippen LogP contribution in [0.15, 0.2) is 41.3 Å². The van der Waals surface area contributed by atoms with Crippen LogP contribution in [0, 0.1) is 5.82 Å². The fourth-order valence-corrected chi connectivity index (χ4v) is 2.74. The predicted molar refractivity (Wildman–Crippen MR) is 80.5 cm³/mol. The molecule has 3 rings (SSSR count). The van der Waals surface area contributed by atoms with E-state index in [4.69, 9.17) is 4.74 Å². The molecule has 5 heteroatoms. The van der Waals surface area contributed by atoms with Gasteiger partial charge in [-0.1, -0.05) is 12.1 Å². The Morgan fingerprint density at radius 2 is 2.05 bits per heavy atom. The lowest BCUT2D eigenvalue weighted by atomic mass is 10.1. The maximum Gasteiger partial charge on any atom is 0.257 e. The molecule has 1 atom stereocenters. The van der Waals surface area contributed by atoms with E-state index in [2.05, 4.69) is 0 Å². The first-order valence-electron chi connectivity index (χ1n) is 7.41. The van der Waals surface area contributed by atoms with Gasteiger partial charge < -0.3 is 14.4 Å². The van der Waals surface area contributed by atoms with E-state index in [0.29, 0.717) is 12.1 Å². The first kappa shape index (κ1) is 14.8. The van der Waals surface area contributed by atoms with Crippen molar-refractivity contribution in [3.05, 3.63) is 63.8 Å². The molecule has 22 heavy (non-hydrogen) atoms. The quantitative estimate of drug-likeness (QED) is 0.944. The molecule has 0 spiro atoms. The van der Waals surface area contributed by atoms with Gasteiger partial charge in [-0.05, 0) is 36.6 Å². The molecule has 4 nitrogen and oxygen atoms in total. The van der Waals surface area contributed by atoms with Gasteiger partial charge in [0.25, 0.3) is 5.56 Å². The number of aromatic hydroxyl groups is 1. The fraction of sp³-hybridized carbons (Fsp3) is 0.353. The Morgan fingerprint density at radius 3 is 2.73 bits per heavy atom. The summed E-state index contributed by atoms with van der Waals surface area (Å²) in [6.07, 6.45) is 3.88. The molecule has 1 aromatic carbocycles. The summed E-state index contributed by atoms with van der Waals surface area (Å²) >= 11 is 0. The average molecular weight is 303 g/mol. The van der Waals surface area contributed by atoms with Crippen molar-refractivity contribution in [3.8, 4) is 5.75 Å². The number of hydrogen-bond acceptors (Lipinski definition) is 3. The molecule has 116 valence electrons. The molecular weight excluding hydrogens is 285 g/mol. The Morgan fingerprint density at radius 1 is 1.27 bits per heavy atom. The summed E-state index contributed by atoms with van der Waals surface area (Å²) in [6.45, 7) is 1.23. The highest BCUT2D eigenvalue weighted by Gasteiger charge is 2.18. The fourth-order valence-electron chi connectivity index (χ4n) is 2.74. The zero-order valence-corrected chi connectivity index (χ0v) is 12.2. The molecular formula is C17H18FNO3. The van der Waals surface area contributed by atoms with Crippen LogP contribution in [0.2, 0.25) is 0 Å². The second-order valence-corrected chi connectivity index (χ2v) is 5.58. The number of halogens is 1. The number of ether oxygens (including phenoxy) is 1. The van der Waals surface area contributed by atoms with Gasteiger partial charge in [-0.25, -0.2) is 4.39 Å². The highest BCUT2D eigenvalue weighted by molar-refractivity contribution is 5.34. The minimum absolute atomic E-state index is 0.0297. The molecule has 1 fully saturated rings. The Labute approximate surface area is 127 Å². The van der Waals surface area contributed by atoms with Crippen LogP contribution in [0.4, 0.5) is 4.39 Å². The molecule has 1 saturated heterocycles. The minimum atomic E-state index is -0.322. The van der Waals surface area contributed by atoms with Crippen LogP contribution in [0.5, 0.6) is 5.75 Å². The van der Waals surface area contributed by atoms with E-state index >= 15 is 0 Å². The summed E-state index contributed by atoms with van der Waals surface area (Å²) in [5, 5.41) is 9.97. The van der Waals surface area contributed by atoms with Crippen LogP contribution < -0.4 is 5.56 Å². The molecule has 1 aliphatic heterocycles. The van der Waals surface area contributed by atoms with Crippen LogP contribution >= 0.6 is 0 Å². The van der Waals surface area contributed by atoms with Crippen molar-refractivity contribution in [2.75, 3.05) is 6.61 Å². The van der Waals surface area contributed by atoms with E-state index in [-0.39, 0.29) is 29.7 Å². The van der Waals surface area contributed by atoms with Crippen LogP contribution in [0.25, 0.3) is 0 Å².